The highest BCUT2D eigenvalue weighted by atomic mass is 16.4. The predicted octanol–water partition coefficient (Wildman–Crippen LogP) is -1.41. The Labute approximate surface area is 57.4 Å². The van der Waals surface area contributed by atoms with Crippen LogP contribution in [0.5, 0.6) is 0 Å². The monoisotopic (exact) mass is 144 g/mol. The van der Waals surface area contributed by atoms with Crippen LogP contribution >= 0.6 is 0 Å². The van der Waals surface area contributed by atoms with E-state index in [2.05, 4.69) is 15.5 Å². The molecule has 0 bridgehead atoms. The number of nitrogens with one attached hydrogen (secondary N) is 1. The van der Waals surface area contributed by atoms with Gasteiger partial charge in [0, 0.05) is 7.05 Å². The zero-order valence-electron chi connectivity index (χ0n) is 5.40. The maximum Gasteiger partial charge on any atom is 0.348 e. The van der Waals surface area contributed by atoms with E-state index in [0.29, 0.717) is 6.21 Å². The molecule has 0 radical (unpaired) electrons. The Morgan fingerprint density at radius 1 is 1.80 bits per heavy atom. The molecule has 0 aromatic carbocycles. The highest BCUT2D eigenvalue weighted by Crippen LogP contribution is 1.59. The summed E-state index contributed by atoms with van der Waals surface area (Å²) in [6, 6.07) is 0. The molecule has 0 saturated heterocycles. The molecule has 0 aliphatic carbocycles. The lowest BCUT2D eigenvalue weighted by Crippen LogP contribution is -2.27. The molecule has 0 aromatic rings. The number of hydrazone groups is 1. The van der Waals surface area contributed by atoms with Crippen molar-refractivity contribution in [2.24, 2.45) is 15.8 Å². The van der Waals surface area contributed by atoms with Gasteiger partial charge in [-0.1, -0.05) is 0 Å². The van der Waals surface area contributed by atoms with Gasteiger partial charge in [0.05, 0.1) is 0 Å². The van der Waals surface area contributed by atoms with Crippen molar-refractivity contribution in [3.63, 3.8) is 0 Å². The van der Waals surface area contributed by atoms with Gasteiger partial charge in [-0.15, -0.1) is 0 Å². The van der Waals surface area contributed by atoms with Crippen LogP contribution in [0.2, 0.25) is 0 Å². The van der Waals surface area contributed by atoms with Gasteiger partial charge in [0.25, 0.3) is 0 Å². The number of rotatable bonds is 2. The smallest absolute Gasteiger partial charge is 0.348 e. The Morgan fingerprint density at radius 3 is 2.80 bits per heavy atom. The molecule has 56 valence electrons. The van der Waals surface area contributed by atoms with Gasteiger partial charge in [-0.3, -0.25) is 4.99 Å². The minimum absolute atomic E-state index is 0.0671. The average molecular weight is 144 g/mol. The molecule has 10 heavy (non-hydrogen) atoms. The molecule has 6 heteroatoms. The molecule has 0 spiro atoms. The number of carboxylic acids is 1. The van der Waals surface area contributed by atoms with Crippen molar-refractivity contribution in [3.8, 4) is 0 Å². The lowest BCUT2D eigenvalue weighted by molar-refractivity contribution is -0.128. The Bertz CT molecular complexity index is 174. The SMILES string of the molecule is C/N=C(\N)N/N=C/C(=O)O. The number of hydrogen-bond acceptors (Lipinski definition) is 3. The van der Waals surface area contributed by atoms with Crippen LogP contribution in [0.4, 0.5) is 0 Å². The first-order valence-electron chi connectivity index (χ1n) is 2.41. The van der Waals surface area contributed by atoms with E-state index in [1.54, 1.807) is 0 Å². The summed E-state index contributed by atoms with van der Waals surface area (Å²) < 4.78 is 0. The summed E-state index contributed by atoms with van der Waals surface area (Å²) in [4.78, 5) is 13.3. The second-order valence-electron chi connectivity index (χ2n) is 1.32. The topological polar surface area (TPSA) is 100 Å². The van der Waals surface area contributed by atoms with Gasteiger partial charge >= 0.3 is 5.97 Å². The molecule has 0 heterocycles. The molecule has 4 N–H and O–H groups in total. The molecule has 0 atom stereocenters. The summed E-state index contributed by atoms with van der Waals surface area (Å²) in [7, 11) is 1.46. The summed E-state index contributed by atoms with van der Waals surface area (Å²) in [5.41, 5.74) is 7.27. The van der Waals surface area contributed by atoms with Crippen molar-refractivity contribution in [2.75, 3.05) is 7.05 Å². The van der Waals surface area contributed by atoms with Crippen LogP contribution < -0.4 is 11.2 Å². The number of guanidine groups is 1. The van der Waals surface area contributed by atoms with Crippen molar-refractivity contribution in [3.05, 3.63) is 0 Å². The van der Waals surface area contributed by atoms with Crippen molar-refractivity contribution < 1.29 is 9.90 Å². The highest BCUT2D eigenvalue weighted by Gasteiger charge is 1.86. The van der Waals surface area contributed by atoms with Crippen LogP contribution in [0, 0.1) is 0 Å². The fourth-order valence-corrected chi connectivity index (χ4v) is 0.204. The van der Waals surface area contributed by atoms with E-state index in [-0.39, 0.29) is 5.96 Å². The minimum Gasteiger partial charge on any atom is -0.477 e. The van der Waals surface area contributed by atoms with Crippen molar-refractivity contribution >= 4 is 18.1 Å². The summed E-state index contributed by atoms with van der Waals surface area (Å²) in [5.74, 6) is -1.08. The zero-order chi connectivity index (χ0) is 7.98. The molecule has 6 nitrogen and oxygen atoms in total. The lowest BCUT2D eigenvalue weighted by atomic mass is 10.8. The van der Waals surface area contributed by atoms with Gasteiger partial charge in [0.2, 0.25) is 5.96 Å². The second-order valence-corrected chi connectivity index (χ2v) is 1.32. The number of nitrogens with two attached hydrogens (primary N) is 1. The Kier molecular flexibility index (Phi) is 3.62. The Hall–Kier alpha value is -1.59. The summed E-state index contributed by atoms with van der Waals surface area (Å²) in [6.45, 7) is 0. The lowest BCUT2D eigenvalue weighted by Gasteiger charge is -1.92. The van der Waals surface area contributed by atoms with Gasteiger partial charge in [-0.05, 0) is 0 Å². The first-order chi connectivity index (χ1) is 4.66. The third-order valence-corrected chi connectivity index (χ3v) is 0.595. The fourth-order valence-electron chi connectivity index (χ4n) is 0.204. The number of aliphatic imine (C=N–C) groups is 1. The molecule has 0 amide bonds. The third-order valence-electron chi connectivity index (χ3n) is 0.595. The molecule has 0 saturated carbocycles. The molecular weight excluding hydrogens is 136 g/mol. The van der Waals surface area contributed by atoms with E-state index < -0.39 is 5.97 Å². The molecule has 0 rings (SSSR count). The summed E-state index contributed by atoms with van der Waals surface area (Å²) in [5, 5.41) is 11.2. The van der Waals surface area contributed by atoms with Crippen molar-refractivity contribution in [1.29, 1.82) is 0 Å². The molecule has 0 aliphatic heterocycles. The van der Waals surface area contributed by atoms with Gasteiger partial charge < -0.3 is 10.8 Å². The van der Waals surface area contributed by atoms with Gasteiger partial charge in [0.15, 0.2) is 0 Å². The highest BCUT2D eigenvalue weighted by molar-refractivity contribution is 6.22. The van der Waals surface area contributed by atoms with E-state index in [1.165, 1.54) is 7.05 Å². The number of carbonyl (C=O) groups is 1. The van der Waals surface area contributed by atoms with Crippen LogP contribution in [-0.4, -0.2) is 30.3 Å². The molecule has 0 unspecified atom stereocenters. The van der Waals surface area contributed by atoms with E-state index in [0.717, 1.165) is 0 Å². The summed E-state index contributed by atoms with van der Waals surface area (Å²) >= 11 is 0. The Balaban J connectivity index is 3.64. The molecule has 0 aromatic heterocycles. The van der Waals surface area contributed by atoms with Crippen LogP contribution in [0.25, 0.3) is 0 Å². The van der Waals surface area contributed by atoms with Crippen molar-refractivity contribution in [2.45, 2.75) is 0 Å². The maximum absolute atomic E-state index is 9.80. The first kappa shape index (κ1) is 8.41. The zero-order valence-corrected chi connectivity index (χ0v) is 5.40. The fraction of sp³-hybridized carbons (Fsp3) is 0.250. The number of aliphatic carboxylic acids is 1. The van der Waals surface area contributed by atoms with Gasteiger partial charge in [0.1, 0.15) is 6.21 Å². The van der Waals surface area contributed by atoms with E-state index in [4.69, 9.17) is 10.8 Å². The van der Waals surface area contributed by atoms with E-state index >= 15 is 0 Å². The predicted molar refractivity (Wildman–Crippen MR) is 36.8 cm³/mol. The molecule has 0 aliphatic rings. The van der Waals surface area contributed by atoms with E-state index in [1.807, 2.05) is 0 Å². The number of nitrogens with zero attached hydrogens (tertiary/aromatic N) is 2. The normalized spacial score (nSPS) is 11.9. The molecule has 0 fully saturated rings. The molecular formula is C4H8N4O2. The van der Waals surface area contributed by atoms with Gasteiger partial charge in [-0.25, -0.2) is 10.2 Å². The number of carboxylic acid groups (broad SMARTS) is 1. The average Bonchev–Trinajstić information content (AvgIpc) is 1.87. The van der Waals surface area contributed by atoms with Crippen LogP contribution in [0.1, 0.15) is 0 Å². The largest absolute Gasteiger partial charge is 0.477 e. The third kappa shape index (κ3) is 4.57. The number of hydrogen-bond donors (Lipinski definition) is 3. The van der Waals surface area contributed by atoms with Crippen molar-refractivity contribution in [1.82, 2.24) is 5.43 Å². The standard InChI is InChI=1S/C4H8N4O2/c1-6-4(5)8-7-2-3(9)10/h2H,1H3,(H,9,10)(H3,5,6,8)/b7-2+. The summed E-state index contributed by atoms with van der Waals surface area (Å²) in [6.07, 6.45) is 0.679. The van der Waals surface area contributed by atoms with Gasteiger partial charge in [-0.2, -0.15) is 5.10 Å². The Morgan fingerprint density at radius 2 is 2.40 bits per heavy atom. The first-order valence-corrected chi connectivity index (χ1v) is 2.41. The van der Waals surface area contributed by atoms with Crippen LogP contribution in [0.3, 0.4) is 0 Å². The second kappa shape index (κ2) is 4.30. The van der Waals surface area contributed by atoms with E-state index in [9.17, 15) is 4.79 Å². The minimum atomic E-state index is -1.14. The van der Waals surface area contributed by atoms with Crippen LogP contribution in [-0.2, 0) is 4.79 Å². The maximum atomic E-state index is 9.80. The van der Waals surface area contributed by atoms with Crippen LogP contribution in [0.15, 0.2) is 10.1 Å². The quantitative estimate of drug-likeness (QED) is 0.252.